The first-order chi connectivity index (χ1) is 12.1. The number of thiazole rings is 1. The Morgan fingerprint density at radius 3 is 2.69 bits per heavy atom. The van der Waals surface area contributed by atoms with E-state index in [1.807, 2.05) is 0 Å². The molecule has 0 atom stereocenters. The van der Waals surface area contributed by atoms with Crippen LogP contribution in [-0.2, 0) is 33.5 Å². The number of rotatable bonds is 6. The highest BCUT2D eigenvalue weighted by molar-refractivity contribution is 9.10. The van der Waals surface area contributed by atoms with Gasteiger partial charge in [-0.1, -0.05) is 0 Å². The summed E-state index contributed by atoms with van der Waals surface area (Å²) in [6.07, 6.45) is -4.65. The number of aromatic nitrogens is 3. The number of hydrogen-bond donors (Lipinski definition) is 1. The number of carbonyl (C=O) groups is 2. The van der Waals surface area contributed by atoms with E-state index in [0.29, 0.717) is 5.69 Å². The molecule has 0 bridgehead atoms. The monoisotopic (exact) mass is 454 g/mol. The highest BCUT2D eigenvalue weighted by atomic mass is 79.9. The van der Waals surface area contributed by atoms with Crippen LogP contribution in [0.2, 0.25) is 0 Å². The van der Waals surface area contributed by atoms with Crippen LogP contribution in [0.25, 0.3) is 0 Å². The zero-order chi connectivity index (χ0) is 19.5. The van der Waals surface area contributed by atoms with E-state index in [1.165, 1.54) is 6.92 Å². The number of amides is 1. The molecule has 0 aliphatic heterocycles. The molecule has 0 unspecified atom stereocenters. The molecule has 2 aromatic heterocycles. The van der Waals surface area contributed by atoms with Gasteiger partial charge in [-0.15, -0.1) is 11.3 Å². The Kier molecular flexibility index (Phi) is 6.39. The van der Waals surface area contributed by atoms with Crippen molar-refractivity contribution in [2.24, 2.45) is 0 Å². The predicted octanol–water partition coefficient (Wildman–Crippen LogP) is 3.17. The summed E-state index contributed by atoms with van der Waals surface area (Å²) >= 11 is 3.94. The van der Waals surface area contributed by atoms with Crippen LogP contribution in [0.15, 0.2) is 9.85 Å². The van der Waals surface area contributed by atoms with Crippen LogP contribution in [0.5, 0.6) is 0 Å². The fraction of sp³-hybridized carbons (Fsp3) is 0.429. The van der Waals surface area contributed by atoms with E-state index in [9.17, 15) is 22.8 Å². The predicted molar refractivity (Wildman–Crippen MR) is 90.7 cm³/mol. The Bertz CT molecular complexity index is 819. The molecule has 12 heteroatoms. The summed E-state index contributed by atoms with van der Waals surface area (Å²) in [4.78, 5) is 27.5. The number of nitrogens with one attached hydrogen (secondary N) is 1. The third kappa shape index (κ3) is 5.04. The van der Waals surface area contributed by atoms with Crippen molar-refractivity contribution in [3.05, 3.63) is 26.9 Å². The summed E-state index contributed by atoms with van der Waals surface area (Å²) in [7, 11) is 0. The van der Waals surface area contributed by atoms with Gasteiger partial charge in [-0.3, -0.25) is 14.3 Å². The number of alkyl halides is 3. The summed E-state index contributed by atoms with van der Waals surface area (Å²) in [5.74, 6) is -1.03. The first-order valence-electron chi connectivity index (χ1n) is 7.31. The molecule has 0 aromatic carbocycles. The number of anilines is 1. The lowest BCUT2D eigenvalue weighted by Crippen LogP contribution is -2.20. The highest BCUT2D eigenvalue weighted by Crippen LogP contribution is 2.35. The molecule has 1 N–H and O–H groups in total. The summed E-state index contributed by atoms with van der Waals surface area (Å²) in [6.45, 7) is 2.95. The Balaban J connectivity index is 2.02. The van der Waals surface area contributed by atoms with Gasteiger partial charge in [-0.2, -0.15) is 18.3 Å². The van der Waals surface area contributed by atoms with Gasteiger partial charge in [0.05, 0.1) is 28.9 Å². The fourth-order valence-electron chi connectivity index (χ4n) is 1.96. The third-order valence-corrected chi connectivity index (χ3v) is 4.88. The normalized spacial score (nSPS) is 11.5. The van der Waals surface area contributed by atoms with Crippen LogP contribution in [0, 0.1) is 6.92 Å². The number of hydrogen-bond acceptors (Lipinski definition) is 6. The van der Waals surface area contributed by atoms with Crippen LogP contribution in [-0.4, -0.2) is 33.2 Å². The minimum absolute atomic E-state index is 0.0274. The second-order valence-corrected chi connectivity index (χ2v) is 6.73. The van der Waals surface area contributed by atoms with Crippen LogP contribution in [0.3, 0.4) is 0 Å². The SMILES string of the molecule is CCOC(=O)Cc1csc(NC(=O)Cn2nc(C(F)(F)F)c(Br)c2C)n1. The van der Waals surface area contributed by atoms with Crippen molar-refractivity contribution in [3.63, 3.8) is 0 Å². The fourth-order valence-corrected chi connectivity index (χ4v) is 3.19. The quantitative estimate of drug-likeness (QED) is 0.677. The number of halogens is 4. The lowest BCUT2D eigenvalue weighted by molar-refractivity contribution is -0.143. The maximum absolute atomic E-state index is 12.8. The van der Waals surface area contributed by atoms with Crippen molar-refractivity contribution in [2.75, 3.05) is 11.9 Å². The second-order valence-electron chi connectivity index (χ2n) is 5.08. The van der Waals surface area contributed by atoms with Gasteiger partial charge in [0.25, 0.3) is 0 Å². The molecule has 2 heterocycles. The van der Waals surface area contributed by atoms with Gasteiger partial charge >= 0.3 is 12.1 Å². The van der Waals surface area contributed by atoms with Gasteiger partial charge in [-0.25, -0.2) is 4.98 Å². The molecule has 0 spiro atoms. The topological polar surface area (TPSA) is 86.1 Å². The first-order valence-corrected chi connectivity index (χ1v) is 8.99. The van der Waals surface area contributed by atoms with E-state index < -0.39 is 30.3 Å². The van der Waals surface area contributed by atoms with Crippen molar-refractivity contribution >= 4 is 44.3 Å². The molecule has 2 aromatic rings. The minimum Gasteiger partial charge on any atom is -0.466 e. The Hall–Kier alpha value is -1.95. The number of esters is 1. The Morgan fingerprint density at radius 2 is 2.12 bits per heavy atom. The van der Waals surface area contributed by atoms with Gasteiger partial charge in [0.2, 0.25) is 5.91 Å². The first kappa shape index (κ1) is 20.4. The molecule has 2 rings (SSSR count). The van der Waals surface area contributed by atoms with Gasteiger partial charge in [0.15, 0.2) is 10.8 Å². The van der Waals surface area contributed by atoms with Gasteiger partial charge in [0, 0.05) is 5.38 Å². The number of nitrogens with zero attached hydrogens (tertiary/aromatic N) is 3. The lowest BCUT2D eigenvalue weighted by atomic mass is 10.3. The standard InChI is InChI=1S/C14H14BrF3N4O3S/c1-3-25-10(24)4-8-6-26-13(19-8)20-9(23)5-22-7(2)11(15)12(21-22)14(16,17)18/h6H,3-5H2,1-2H3,(H,19,20,23). The average molecular weight is 455 g/mol. The van der Waals surface area contributed by atoms with Crippen LogP contribution in [0.4, 0.5) is 18.3 Å². The summed E-state index contributed by atoms with van der Waals surface area (Å²) < 4.78 is 44.1. The van der Waals surface area contributed by atoms with Gasteiger partial charge in [-0.05, 0) is 29.8 Å². The Morgan fingerprint density at radius 1 is 1.42 bits per heavy atom. The average Bonchev–Trinajstić information content (AvgIpc) is 3.06. The van der Waals surface area contributed by atoms with Crippen molar-refractivity contribution in [2.45, 2.75) is 33.0 Å². The molecular formula is C14H14BrF3N4O3S. The van der Waals surface area contributed by atoms with Crippen molar-refractivity contribution in [1.29, 1.82) is 0 Å². The maximum atomic E-state index is 12.8. The van der Waals surface area contributed by atoms with Crippen LogP contribution >= 0.6 is 27.3 Å². The summed E-state index contributed by atoms with van der Waals surface area (Å²) in [5.41, 5.74) is -0.482. The largest absolute Gasteiger partial charge is 0.466 e. The van der Waals surface area contributed by atoms with Crippen LogP contribution in [0.1, 0.15) is 24.0 Å². The molecule has 0 saturated heterocycles. The zero-order valence-corrected chi connectivity index (χ0v) is 16.1. The van der Waals surface area contributed by atoms with E-state index >= 15 is 0 Å². The molecule has 0 aliphatic rings. The van der Waals surface area contributed by atoms with E-state index in [0.717, 1.165) is 16.0 Å². The minimum atomic E-state index is -4.62. The second kappa shape index (κ2) is 8.16. The zero-order valence-electron chi connectivity index (χ0n) is 13.7. The molecular weight excluding hydrogens is 441 g/mol. The van der Waals surface area contributed by atoms with Crippen molar-refractivity contribution in [1.82, 2.24) is 14.8 Å². The summed E-state index contributed by atoms with van der Waals surface area (Å²) in [6, 6.07) is 0. The lowest BCUT2D eigenvalue weighted by Gasteiger charge is -2.04. The molecule has 26 heavy (non-hydrogen) atoms. The summed E-state index contributed by atoms with van der Waals surface area (Å²) in [5, 5.41) is 7.72. The molecule has 142 valence electrons. The third-order valence-electron chi connectivity index (χ3n) is 3.12. The van der Waals surface area contributed by atoms with Crippen molar-refractivity contribution in [3.8, 4) is 0 Å². The van der Waals surface area contributed by atoms with E-state index in [2.05, 4.69) is 31.3 Å². The van der Waals surface area contributed by atoms with Crippen LogP contribution < -0.4 is 5.32 Å². The van der Waals surface area contributed by atoms with Crippen molar-refractivity contribution < 1.29 is 27.5 Å². The Labute approximate surface area is 158 Å². The van der Waals surface area contributed by atoms with Gasteiger partial charge < -0.3 is 10.1 Å². The molecule has 0 radical (unpaired) electrons. The number of ether oxygens (including phenoxy) is 1. The molecule has 0 saturated carbocycles. The number of carbonyl (C=O) groups excluding carboxylic acids is 2. The van der Waals surface area contributed by atoms with E-state index in [4.69, 9.17) is 4.74 Å². The molecule has 0 aliphatic carbocycles. The molecule has 1 amide bonds. The van der Waals surface area contributed by atoms with Gasteiger partial charge in [0.1, 0.15) is 6.54 Å². The molecule has 7 nitrogen and oxygen atoms in total. The van der Waals surface area contributed by atoms with E-state index in [1.54, 1.807) is 12.3 Å². The van der Waals surface area contributed by atoms with E-state index in [-0.39, 0.29) is 28.3 Å². The highest BCUT2D eigenvalue weighted by Gasteiger charge is 2.38. The molecule has 0 fully saturated rings. The smallest absolute Gasteiger partial charge is 0.436 e. The maximum Gasteiger partial charge on any atom is 0.436 e.